The third-order valence-electron chi connectivity index (χ3n) is 3.08. The predicted octanol–water partition coefficient (Wildman–Crippen LogP) is 3.14. The van der Waals surface area contributed by atoms with Gasteiger partial charge in [0.2, 0.25) is 5.78 Å². The number of nitrogens with zero attached hydrogens (tertiary/aromatic N) is 1. The monoisotopic (exact) mass is 320 g/mol. The molecule has 1 aromatic carbocycles. The van der Waals surface area contributed by atoms with Gasteiger partial charge in [-0.25, -0.2) is 0 Å². The lowest BCUT2D eigenvalue weighted by Crippen LogP contribution is -2.07. The molecule has 2 aromatic heterocycles. The quantitative estimate of drug-likeness (QED) is 0.723. The van der Waals surface area contributed by atoms with E-state index in [2.05, 4.69) is 9.97 Å². The molecule has 0 bridgehead atoms. The predicted molar refractivity (Wildman–Crippen MR) is 80.2 cm³/mol. The molecular formula is C14H9ClN2O3S. The number of benzene rings is 1. The molecular weight excluding hydrogens is 312 g/mol. The van der Waals surface area contributed by atoms with E-state index in [9.17, 15) is 9.59 Å². The summed E-state index contributed by atoms with van der Waals surface area (Å²) >= 11 is 7.17. The van der Waals surface area contributed by atoms with E-state index in [-0.39, 0.29) is 17.9 Å². The summed E-state index contributed by atoms with van der Waals surface area (Å²) in [7, 11) is 0. The number of fused-ring (bicyclic) bond motifs is 1. The molecule has 7 heteroatoms. The molecule has 0 unspecified atom stereocenters. The lowest BCUT2D eigenvalue weighted by molar-refractivity contribution is -0.136. The van der Waals surface area contributed by atoms with Crippen LogP contribution in [0.25, 0.3) is 10.9 Å². The average Bonchev–Trinajstić information content (AvgIpc) is 3.06. The number of carbonyl (C=O) groups is 2. The number of rotatable bonds is 4. The molecule has 3 aromatic rings. The molecule has 0 radical (unpaired) electrons. The zero-order valence-electron chi connectivity index (χ0n) is 10.6. The maximum absolute atomic E-state index is 12.5. The van der Waals surface area contributed by atoms with Crippen molar-refractivity contribution in [1.29, 1.82) is 0 Å². The summed E-state index contributed by atoms with van der Waals surface area (Å²) in [4.78, 5) is 30.9. The average molecular weight is 321 g/mol. The van der Waals surface area contributed by atoms with Crippen LogP contribution in [0.4, 0.5) is 0 Å². The van der Waals surface area contributed by atoms with Gasteiger partial charge in [0.1, 0.15) is 0 Å². The lowest BCUT2D eigenvalue weighted by atomic mass is 10.0. The van der Waals surface area contributed by atoms with Crippen LogP contribution < -0.4 is 0 Å². The number of hydrogen-bond donors (Lipinski definition) is 2. The number of aromatic nitrogens is 2. The second-order valence-corrected chi connectivity index (χ2v) is 5.76. The van der Waals surface area contributed by atoms with Gasteiger partial charge < -0.3 is 10.1 Å². The molecule has 0 aliphatic heterocycles. The van der Waals surface area contributed by atoms with E-state index >= 15 is 0 Å². The van der Waals surface area contributed by atoms with Crippen molar-refractivity contribution < 1.29 is 14.7 Å². The van der Waals surface area contributed by atoms with Crippen molar-refractivity contribution in [2.75, 3.05) is 0 Å². The van der Waals surface area contributed by atoms with Gasteiger partial charge in [-0.15, -0.1) is 11.3 Å². The van der Waals surface area contributed by atoms with Gasteiger partial charge in [-0.2, -0.15) is 0 Å². The third-order valence-corrected chi connectivity index (χ3v) is 4.09. The number of nitrogens with one attached hydrogen (secondary N) is 1. The summed E-state index contributed by atoms with van der Waals surface area (Å²) in [5, 5.41) is 10.2. The van der Waals surface area contributed by atoms with E-state index in [1.165, 1.54) is 17.5 Å². The fourth-order valence-electron chi connectivity index (χ4n) is 2.20. The summed E-state index contributed by atoms with van der Waals surface area (Å²) in [6.45, 7) is 0. The molecule has 0 amide bonds. The van der Waals surface area contributed by atoms with E-state index in [0.717, 1.165) is 0 Å². The molecule has 21 heavy (non-hydrogen) atoms. The van der Waals surface area contributed by atoms with Gasteiger partial charge >= 0.3 is 5.97 Å². The molecule has 3 rings (SSSR count). The summed E-state index contributed by atoms with van der Waals surface area (Å²) in [5.74, 6) is -1.27. The molecule has 106 valence electrons. The van der Waals surface area contributed by atoms with Crippen LogP contribution in [-0.4, -0.2) is 26.8 Å². The Bertz CT molecular complexity index is 839. The highest BCUT2D eigenvalue weighted by Crippen LogP contribution is 2.28. The summed E-state index contributed by atoms with van der Waals surface area (Å²) in [5.41, 5.74) is 2.96. The van der Waals surface area contributed by atoms with Gasteiger partial charge in [-0.1, -0.05) is 11.6 Å². The van der Waals surface area contributed by atoms with Crippen LogP contribution in [0.3, 0.4) is 0 Å². The third kappa shape index (κ3) is 2.55. The van der Waals surface area contributed by atoms with Gasteiger partial charge in [-0.05, 0) is 18.2 Å². The number of H-pyrrole nitrogens is 1. The van der Waals surface area contributed by atoms with Crippen molar-refractivity contribution >= 4 is 45.6 Å². The Morgan fingerprint density at radius 2 is 2.19 bits per heavy atom. The van der Waals surface area contributed by atoms with Crippen molar-refractivity contribution in [1.82, 2.24) is 9.97 Å². The molecule has 2 N–H and O–H groups in total. The van der Waals surface area contributed by atoms with Crippen LogP contribution in [0.15, 0.2) is 29.9 Å². The van der Waals surface area contributed by atoms with Crippen molar-refractivity contribution in [2.45, 2.75) is 6.42 Å². The maximum atomic E-state index is 12.5. The number of thiazole rings is 1. The number of halogens is 1. The Kier molecular flexibility index (Phi) is 3.48. The number of carboxylic acid groups (broad SMARTS) is 1. The fourth-order valence-corrected chi connectivity index (χ4v) is 2.94. The molecule has 0 spiro atoms. The molecule has 0 saturated heterocycles. The van der Waals surface area contributed by atoms with Gasteiger partial charge in [0.25, 0.3) is 0 Å². The Hall–Kier alpha value is -2.18. The first-order valence-electron chi connectivity index (χ1n) is 6.01. The zero-order chi connectivity index (χ0) is 15.0. The number of carboxylic acids is 1. The summed E-state index contributed by atoms with van der Waals surface area (Å²) in [6, 6.07) is 5.08. The van der Waals surface area contributed by atoms with Crippen LogP contribution in [0.2, 0.25) is 5.02 Å². The number of hydrogen-bond acceptors (Lipinski definition) is 4. The maximum Gasteiger partial charge on any atom is 0.307 e. The zero-order valence-corrected chi connectivity index (χ0v) is 12.2. The first-order valence-corrected chi connectivity index (χ1v) is 7.27. The topological polar surface area (TPSA) is 83.0 Å². The minimum Gasteiger partial charge on any atom is -0.481 e. The van der Waals surface area contributed by atoms with Gasteiger partial charge in [0.05, 0.1) is 22.5 Å². The molecule has 0 fully saturated rings. The van der Waals surface area contributed by atoms with E-state index in [1.807, 2.05) is 0 Å². The highest BCUT2D eigenvalue weighted by Gasteiger charge is 2.22. The van der Waals surface area contributed by atoms with Crippen molar-refractivity contribution in [3.8, 4) is 0 Å². The number of aromatic amines is 1. The Labute approximate surface area is 128 Å². The first kappa shape index (κ1) is 13.8. The van der Waals surface area contributed by atoms with E-state index < -0.39 is 5.97 Å². The Morgan fingerprint density at radius 3 is 2.86 bits per heavy atom. The lowest BCUT2D eigenvalue weighted by Gasteiger charge is -2.00. The second kappa shape index (κ2) is 5.31. The van der Waals surface area contributed by atoms with E-state index in [1.54, 1.807) is 23.7 Å². The van der Waals surface area contributed by atoms with E-state index in [0.29, 0.717) is 26.4 Å². The number of carbonyl (C=O) groups excluding carboxylic acids is 1. The largest absolute Gasteiger partial charge is 0.481 e. The smallest absolute Gasteiger partial charge is 0.307 e. The van der Waals surface area contributed by atoms with Gasteiger partial charge in [0, 0.05) is 27.7 Å². The minimum atomic E-state index is -1.01. The molecule has 0 saturated carbocycles. The van der Waals surface area contributed by atoms with Crippen LogP contribution in [0.5, 0.6) is 0 Å². The summed E-state index contributed by atoms with van der Waals surface area (Å²) < 4.78 is 0. The number of ketones is 1. The minimum absolute atomic E-state index is 0.250. The Balaban J connectivity index is 2.21. The van der Waals surface area contributed by atoms with Crippen molar-refractivity contribution in [3.63, 3.8) is 0 Å². The molecule has 0 aliphatic rings. The molecule has 2 heterocycles. The highest BCUT2D eigenvalue weighted by molar-refractivity contribution is 7.11. The molecule has 0 atom stereocenters. The standard InChI is InChI=1S/C14H9ClN2O3S/c15-7-1-2-10-8(3-7)9(4-12(18)19)13(17-10)14(20)11-5-16-6-21-11/h1-3,5-6,17H,4H2,(H,18,19). The molecule has 0 aliphatic carbocycles. The summed E-state index contributed by atoms with van der Waals surface area (Å²) in [6.07, 6.45) is 1.22. The second-order valence-electron chi connectivity index (χ2n) is 4.43. The van der Waals surface area contributed by atoms with Crippen LogP contribution in [-0.2, 0) is 11.2 Å². The van der Waals surface area contributed by atoms with Gasteiger partial charge in [0.15, 0.2) is 0 Å². The fraction of sp³-hybridized carbons (Fsp3) is 0.0714. The number of aliphatic carboxylic acids is 1. The Morgan fingerprint density at radius 1 is 1.38 bits per heavy atom. The van der Waals surface area contributed by atoms with Crippen LogP contribution in [0.1, 0.15) is 20.9 Å². The normalized spacial score (nSPS) is 10.9. The van der Waals surface area contributed by atoms with Gasteiger partial charge in [-0.3, -0.25) is 14.6 Å². The van der Waals surface area contributed by atoms with Crippen molar-refractivity contribution in [2.24, 2.45) is 0 Å². The van der Waals surface area contributed by atoms with Crippen molar-refractivity contribution in [3.05, 3.63) is 51.1 Å². The first-order chi connectivity index (χ1) is 10.1. The van der Waals surface area contributed by atoms with Crippen LogP contribution >= 0.6 is 22.9 Å². The SMILES string of the molecule is O=C(O)Cc1c(C(=O)c2cncs2)[nH]c2ccc(Cl)cc12. The molecule has 5 nitrogen and oxygen atoms in total. The van der Waals surface area contributed by atoms with E-state index in [4.69, 9.17) is 16.7 Å². The highest BCUT2D eigenvalue weighted by atomic mass is 35.5. The van der Waals surface area contributed by atoms with Crippen LogP contribution in [0, 0.1) is 0 Å².